The second-order valence-electron chi connectivity index (χ2n) is 7.08. The van der Waals surface area contributed by atoms with Gasteiger partial charge in [0.05, 0.1) is 39.5 Å². The van der Waals surface area contributed by atoms with Crippen molar-refractivity contribution in [1.82, 2.24) is 4.57 Å². The van der Waals surface area contributed by atoms with E-state index in [2.05, 4.69) is 4.72 Å². The van der Waals surface area contributed by atoms with Crippen molar-refractivity contribution >= 4 is 54.8 Å². The van der Waals surface area contributed by atoms with Crippen LogP contribution in [0.2, 0.25) is 5.02 Å². The minimum atomic E-state index is -4.02. The number of hydrogen-bond acceptors (Lipinski definition) is 6. The Morgan fingerprint density at radius 1 is 1.09 bits per heavy atom. The Labute approximate surface area is 199 Å². The number of ether oxygens (including phenoxy) is 1. The smallest absolute Gasteiger partial charge is 0.340 e. The maximum Gasteiger partial charge on any atom is 0.340 e. The number of sulfonamides is 1. The molecule has 0 bridgehead atoms. The zero-order valence-corrected chi connectivity index (χ0v) is 19.8. The van der Waals surface area contributed by atoms with Gasteiger partial charge in [-0.25, -0.2) is 13.2 Å². The van der Waals surface area contributed by atoms with Crippen molar-refractivity contribution < 1.29 is 17.9 Å². The highest BCUT2D eigenvalue weighted by Gasteiger charge is 2.20. The van der Waals surface area contributed by atoms with Crippen LogP contribution in [0.1, 0.15) is 22.8 Å². The first-order chi connectivity index (χ1) is 15.8. The van der Waals surface area contributed by atoms with Gasteiger partial charge in [-0.3, -0.25) is 14.1 Å². The molecule has 0 saturated heterocycles. The lowest BCUT2D eigenvalue weighted by atomic mass is 10.2. The van der Waals surface area contributed by atoms with Gasteiger partial charge in [-0.15, -0.1) is 0 Å². The molecule has 7 nitrogen and oxygen atoms in total. The summed E-state index contributed by atoms with van der Waals surface area (Å²) in [5.74, 6) is -0.622. The molecule has 10 heteroatoms. The summed E-state index contributed by atoms with van der Waals surface area (Å²) in [6.07, 6.45) is 0. The first kappa shape index (κ1) is 23.0. The molecule has 3 aromatic carbocycles. The van der Waals surface area contributed by atoms with Gasteiger partial charge < -0.3 is 4.74 Å². The Balaban J connectivity index is 1.66. The molecule has 170 valence electrons. The Kier molecular flexibility index (Phi) is 6.55. The predicted molar refractivity (Wildman–Crippen MR) is 130 cm³/mol. The van der Waals surface area contributed by atoms with Crippen LogP contribution in [0.4, 0.5) is 5.69 Å². The monoisotopic (exact) mass is 502 g/mol. The lowest BCUT2D eigenvalue weighted by Crippen LogP contribution is -2.16. The van der Waals surface area contributed by atoms with E-state index in [9.17, 15) is 18.0 Å². The average Bonchev–Trinajstić information content (AvgIpc) is 3.10. The molecule has 1 aromatic heterocycles. The molecule has 1 heterocycles. The lowest BCUT2D eigenvalue weighted by Gasteiger charge is -2.12. The Hall–Kier alpha value is -3.14. The molecule has 0 unspecified atom stereocenters. The first-order valence-electron chi connectivity index (χ1n) is 9.95. The van der Waals surface area contributed by atoms with E-state index >= 15 is 0 Å². The predicted octanol–water partition coefficient (Wildman–Crippen LogP) is 4.74. The van der Waals surface area contributed by atoms with Gasteiger partial charge in [-0.05, 0) is 55.0 Å². The van der Waals surface area contributed by atoms with Crippen LogP contribution in [-0.2, 0) is 21.3 Å². The number of nitrogens with one attached hydrogen (secondary N) is 1. The van der Waals surface area contributed by atoms with Crippen molar-refractivity contribution in [2.45, 2.75) is 18.4 Å². The van der Waals surface area contributed by atoms with Crippen LogP contribution >= 0.6 is 22.9 Å². The van der Waals surface area contributed by atoms with Crippen molar-refractivity contribution in [2.75, 3.05) is 11.3 Å². The fourth-order valence-corrected chi connectivity index (χ4v) is 5.53. The van der Waals surface area contributed by atoms with Gasteiger partial charge >= 0.3 is 10.8 Å². The van der Waals surface area contributed by atoms with E-state index in [1.165, 1.54) is 24.3 Å². The minimum absolute atomic E-state index is 0.0199. The quantitative estimate of drug-likeness (QED) is 0.368. The van der Waals surface area contributed by atoms with E-state index in [4.69, 9.17) is 16.3 Å². The second kappa shape index (κ2) is 9.38. The van der Waals surface area contributed by atoms with Crippen LogP contribution in [0, 0.1) is 0 Å². The van der Waals surface area contributed by atoms with Gasteiger partial charge in [-0.1, -0.05) is 47.2 Å². The number of rotatable bonds is 7. The third-order valence-electron chi connectivity index (χ3n) is 4.87. The zero-order chi connectivity index (χ0) is 23.6. The number of carbonyl (C=O) groups is 1. The summed E-state index contributed by atoms with van der Waals surface area (Å²) in [7, 11) is -4.02. The van der Waals surface area contributed by atoms with Crippen molar-refractivity contribution in [3.05, 3.63) is 92.5 Å². The van der Waals surface area contributed by atoms with E-state index in [0.717, 1.165) is 16.9 Å². The van der Waals surface area contributed by atoms with Crippen LogP contribution < -0.4 is 9.60 Å². The van der Waals surface area contributed by atoms with E-state index in [1.807, 2.05) is 12.1 Å². The Morgan fingerprint density at radius 2 is 1.82 bits per heavy atom. The zero-order valence-electron chi connectivity index (χ0n) is 17.4. The molecule has 0 spiro atoms. The van der Waals surface area contributed by atoms with Crippen LogP contribution in [-0.4, -0.2) is 25.6 Å². The fraction of sp³-hybridized carbons (Fsp3) is 0.130. The number of halogens is 1. The molecule has 0 aliphatic rings. The maximum atomic E-state index is 13.0. The Morgan fingerprint density at radius 3 is 2.55 bits per heavy atom. The van der Waals surface area contributed by atoms with E-state index in [-0.39, 0.29) is 27.6 Å². The van der Waals surface area contributed by atoms with Gasteiger partial charge in [0.2, 0.25) is 0 Å². The molecule has 0 aliphatic carbocycles. The lowest BCUT2D eigenvalue weighted by molar-refractivity contribution is 0.0527. The van der Waals surface area contributed by atoms with E-state index in [1.54, 1.807) is 41.8 Å². The van der Waals surface area contributed by atoms with Crippen molar-refractivity contribution in [3.63, 3.8) is 0 Å². The van der Waals surface area contributed by atoms with Gasteiger partial charge in [0, 0.05) is 5.02 Å². The number of hydrogen-bond donors (Lipinski definition) is 1. The van der Waals surface area contributed by atoms with E-state index < -0.39 is 16.0 Å². The molecule has 4 aromatic rings. The van der Waals surface area contributed by atoms with Gasteiger partial charge in [0.1, 0.15) is 0 Å². The van der Waals surface area contributed by atoms with Crippen LogP contribution in [0.5, 0.6) is 0 Å². The summed E-state index contributed by atoms with van der Waals surface area (Å²) in [4.78, 5) is 24.5. The summed E-state index contributed by atoms with van der Waals surface area (Å²) < 4.78 is 35.7. The highest BCUT2D eigenvalue weighted by molar-refractivity contribution is 7.92. The molecule has 1 N–H and O–H groups in total. The van der Waals surface area contributed by atoms with Crippen LogP contribution in [0.3, 0.4) is 0 Å². The number of thiazole rings is 1. The van der Waals surface area contributed by atoms with Crippen molar-refractivity contribution in [2.24, 2.45) is 0 Å². The fourth-order valence-electron chi connectivity index (χ4n) is 3.30. The molecule has 0 amide bonds. The summed E-state index contributed by atoms with van der Waals surface area (Å²) in [6.45, 7) is 2.18. The number of benzene rings is 3. The molecule has 0 radical (unpaired) electrons. The van der Waals surface area contributed by atoms with Gasteiger partial charge in [0.25, 0.3) is 10.0 Å². The molecule has 0 saturated carbocycles. The summed E-state index contributed by atoms with van der Waals surface area (Å²) in [5, 5.41) is 0.605. The standard InChI is InChI=1S/C23H19ClN2O5S2/c1-2-31-22(27)18-5-3-4-6-19(18)25-33(29,30)17-11-12-20-21(13-17)32-23(28)26(20)14-15-7-9-16(24)10-8-15/h3-13,25H,2,14H2,1H3. The summed E-state index contributed by atoms with van der Waals surface area (Å²) in [5.41, 5.74) is 1.76. The van der Waals surface area contributed by atoms with Crippen LogP contribution in [0.15, 0.2) is 76.4 Å². The third kappa shape index (κ3) is 4.95. The van der Waals surface area contributed by atoms with Crippen molar-refractivity contribution in [3.8, 4) is 0 Å². The number of fused-ring (bicyclic) bond motifs is 1. The number of carbonyl (C=O) groups excluding carboxylic acids is 1. The van der Waals surface area contributed by atoms with Crippen LogP contribution in [0.25, 0.3) is 10.2 Å². The topological polar surface area (TPSA) is 94.5 Å². The molecule has 4 rings (SSSR count). The highest BCUT2D eigenvalue weighted by Crippen LogP contribution is 2.26. The van der Waals surface area contributed by atoms with E-state index in [0.29, 0.717) is 21.8 Å². The number of anilines is 1. The molecule has 33 heavy (non-hydrogen) atoms. The summed E-state index contributed by atoms with van der Waals surface area (Å²) in [6, 6.07) is 17.9. The third-order valence-corrected chi connectivity index (χ3v) is 7.43. The van der Waals surface area contributed by atoms with Gasteiger partial charge in [-0.2, -0.15) is 0 Å². The normalized spacial score (nSPS) is 11.5. The average molecular weight is 503 g/mol. The summed E-state index contributed by atoms with van der Waals surface area (Å²) >= 11 is 6.89. The maximum absolute atomic E-state index is 13.0. The minimum Gasteiger partial charge on any atom is -0.462 e. The molecule has 0 fully saturated rings. The van der Waals surface area contributed by atoms with Gasteiger partial charge in [0.15, 0.2) is 0 Å². The SMILES string of the molecule is CCOC(=O)c1ccccc1NS(=O)(=O)c1ccc2c(c1)sc(=O)n2Cc1ccc(Cl)cc1. The number of esters is 1. The van der Waals surface area contributed by atoms with Crippen molar-refractivity contribution in [1.29, 1.82) is 0 Å². The second-order valence-corrected chi connectivity index (χ2v) is 10.2. The number of aromatic nitrogens is 1. The Bertz CT molecular complexity index is 1490. The molecular weight excluding hydrogens is 484 g/mol. The highest BCUT2D eigenvalue weighted by atomic mass is 35.5. The number of para-hydroxylation sites is 1. The molecule has 0 atom stereocenters. The largest absolute Gasteiger partial charge is 0.462 e. The first-order valence-corrected chi connectivity index (χ1v) is 12.6. The molecule has 0 aliphatic heterocycles. The number of nitrogens with zero attached hydrogens (tertiary/aromatic N) is 1. The molecular formula is C23H19ClN2O5S2.